The second-order valence-electron chi connectivity index (χ2n) is 3.06. The van der Waals surface area contributed by atoms with Gasteiger partial charge in [-0.3, -0.25) is 0 Å². The zero-order valence-electron chi connectivity index (χ0n) is 8.08. The molecule has 0 fully saturated rings. The van der Waals surface area contributed by atoms with Gasteiger partial charge in [0.15, 0.2) is 0 Å². The minimum Gasteiger partial charge on any atom is -0.396 e. The van der Waals surface area contributed by atoms with Crippen LogP contribution in [0.5, 0.6) is 0 Å². The highest BCUT2D eigenvalue weighted by atomic mass is 79.9. The molecule has 1 N–H and O–H groups in total. The standard InChI is InChI=1S/C11H15BrOS/c12-10-6-2-3-7-11(10)14-9-5-1-4-8-13/h2-3,6-7,13H,1,4-5,8-9H2. The minimum atomic E-state index is 0.319. The highest BCUT2D eigenvalue weighted by molar-refractivity contribution is 9.10. The van der Waals surface area contributed by atoms with Crippen LogP contribution in [-0.4, -0.2) is 17.5 Å². The molecule has 0 saturated carbocycles. The number of thioether (sulfide) groups is 1. The molecule has 0 radical (unpaired) electrons. The van der Waals surface area contributed by atoms with Crippen LogP contribution in [0, 0.1) is 0 Å². The maximum Gasteiger partial charge on any atom is 0.0431 e. The van der Waals surface area contributed by atoms with Gasteiger partial charge in [-0.2, -0.15) is 0 Å². The Kier molecular flexibility index (Phi) is 6.32. The largest absolute Gasteiger partial charge is 0.396 e. The molecule has 0 spiro atoms. The van der Waals surface area contributed by atoms with E-state index < -0.39 is 0 Å². The summed E-state index contributed by atoms with van der Waals surface area (Å²) in [5.74, 6) is 1.13. The number of aliphatic hydroxyl groups excluding tert-OH is 1. The third-order valence-corrected chi connectivity index (χ3v) is 4.01. The summed E-state index contributed by atoms with van der Waals surface area (Å²) in [6.07, 6.45) is 3.22. The zero-order valence-corrected chi connectivity index (χ0v) is 10.5. The molecule has 0 saturated heterocycles. The van der Waals surface area contributed by atoms with E-state index in [1.54, 1.807) is 0 Å². The lowest BCUT2D eigenvalue weighted by Gasteiger charge is -2.03. The first-order valence-corrected chi connectivity index (χ1v) is 6.60. The molecular formula is C11H15BrOS. The summed E-state index contributed by atoms with van der Waals surface area (Å²) < 4.78 is 1.17. The normalized spacial score (nSPS) is 10.4. The van der Waals surface area contributed by atoms with Gasteiger partial charge in [0, 0.05) is 16.0 Å². The van der Waals surface area contributed by atoms with Crippen LogP contribution >= 0.6 is 27.7 Å². The molecule has 0 bridgehead atoms. The Labute approximate surface area is 98.0 Å². The number of hydrogen-bond donors (Lipinski definition) is 1. The average molecular weight is 275 g/mol. The SMILES string of the molecule is OCCCCCSc1ccccc1Br. The first kappa shape index (κ1) is 12.1. The van der Waals surface area contributed by atoms with E-state index in [2.05, 4.69) is 34.1 Å². The third-order valence-electron chi connectivity index (χ3n) is 1.90. The molecule has 0 heterocycles. The monoisotopic (exact) mass is 274 g/mol. The second-order valence-corrected chi connectivity index (χ2v) is 5.05. The summed E-state index contributed by atoms with van der Waals surface area (Å²) in [6.45, 7) is 0.319. The van der Waals surface area contributed by atoms with Crippen LogP contribution in [0.4, 0.5) is 0 Å². The summed E-state index contributed by atoms with van der Waals surface area (Å²) in [7, 11) is 0. The molecule has 1 rings (SSSR count). The van der Waals surface area contributed by atoms with E-state index in [4.69, 9.17) is 5.11 Å². The van der Waals surface area contributed by atoms with Crippen molar-refractivity contribution in [3.63, 3.8) is 0 Å². The highest BCUT2D eigenvalue weighted by Gasteiger charge is 1.98. The number of unbranched alkanes of at least 4 members (excludes halogenated alkanes) is 2. The molecule has 3 heteroatoms. The molecule has 78 valence electrons. The summed E-state index contributed by atoms with van der Waals surface area (Å²) in [5.41, 5.74) is 0. The quantitative estimate of drug-likeness (QED) is 0.631. The summed E-state index contributed by atoms with van der Waals surface area (Å²) in [4.78, 5) is 1.30. The van der Waals surface area contributed by atoms with E-state index in [0.29, 0.717) is 6.61 Å². The van der Waals surface area contributed by atoms with E-state index >= 15 is 0 Å². The summed E-state index contributed by atoms with van der Waals surface area (Å²) in [5, 5.41) is 8.61. The van der Waals surface area contributed by atoms with Crippen molar-refractivity contribution in [2.75, 3.05) is 12.4 Å². The molecule has 1 nitrogen and oxygen atoms in total. The number of aliphatic hydroxyl groups is 1. The average Bonchev–Trinajstić information content (AvgIpc) is 2.20. The molecule has 1 aromatic rings. The van der Waals surface area contributed by atoms with Crippen molar-refractivity contribution in [3.05, 3.63) is 28.7 Å². The molecule has 0 aromatic heterocycles. The van der Waals surface area contributed by atoms with Gasteiger partial charge in [-0.05, 0) is 46.7 Å². The van der Waals surface area contributed by atoms with E-state index in [1.807, 2.05) is 17.8 Å². The molecule has 1 aromatic carbocycles. The predicted octanol–water partition coefficient (Wildman–Crippen LogP) is 3.70. The van der Waals surface area contributed by atoms with Gasteiger partial charge in [-0.1, -0.05) is 18.6 Å². The van der Waals surface area contributed by atoms with Crippen molar-refractivity contribution in [1.29, 1.82) is 0 Å². The fourth-order valence-corrected chi connectivity index (χ4v) is 2.71. The Balaban J connectivity index is 2.21. The maximum atomic E-state index is 8.61. The van der Waals surface area contributed by atoms with Gasteiger partial charge in [0.1, 0.15) is 0 Å². The summed E-state index contributed by atoms with van der Waals surface area (Å²) in [6, 6.07) is 8.28. The smallest absolute Gasteiger partial charge is 0.0431 e. The molecule has 0 aliphatic rings. The van der Waals surface area contributed by atoms with E-state index in [1.165, 1.54) is 15.8 Å². The third kappa shape index (κ3) is 4.49. The van der Waals surface area contributed by atoms with Crippen molar-refractivity contribution in [1.82, 2.24) is 0 Å². The van der Waals surface area contributed by atoms with E-state index in [-0.39, 0.29) is 0 Å². The Bertz CT molecular complexity index is 265. The fourth-order valence-electron chi connectivity index (χ4n) is 1.13. The number of halogens is 1. The number of rotatable bonds is 6. The molecular weight excluding hydrogens is 260 g/mol. The topological polar surface area (TPSA) is 20.2 Å². The molecule has 0 aliphatic carbocycles. The van der Waals surface area contributed by atoms with Crippen molar-refractivity contribution < 1.29 is 5.11 Å². The van der Waals surface area contributed by atoms with Gasteiger partial charge >= 0.3 is 0 Å². The Morgan fingerprint density at radius 3 is 2.64 bits per heavy atom. The Hall–Kier alpha value is 0.01000. The number of hydrogen-bond acceptors (Lipinski definition) is 2. The van der Waals surface area contributed by atoms with Crippen LogP contribution in [0.1, 0.15) is 19.3 Å². The van der Waals surface area contributed by atoms with Gasteiger partial charge in [0.2, 0.25) is 0 Å². The van der Waals surface area contributed by atoms with Crippen LogP contribution in [0.25, 0.3) is 0 Å². The predicted molar refractivity (Wildman–Crippen MR) is 65.8 cm³/mol. The zero-order chi connectivity index (χ0) is 10.2. The molecule has 0 atom stereocenters. The van der Waals surface area contributed by atoms with Gasteiger partial charge in [-0.15, -0.1) is 11.8 Å². The lowest BCUT2D eigenvalue weighted by Crippen LogP contribution is -1.85. The lowest BCUT2D eigenvalue weighted by molar-refractivity contribution is 0.284. The van der Waals surface area contributed by atoms with Crippen molar-refractivity contribution in [2.24, 2.45) is 0 Å². The van der Waals surface area contributed by atoms with E-state index in [0.717, 1.165) is 18.6 Å². The van der Waals surface area contributed by atoms with Gasteiger partial charge < -0.3 is 5.11 Å². The first-order valence-electron chi connectivity index (χ1n) is 4.83. The van der Waals surface area contributed by atoms with E-state index in [9.17, 15) is 0 Å². The maximum absolute atomic E-state index is 8.61. The molecule has 0 amide bonds. The van der Waals surface area contributed by atoms with Crippen LogP contribution < -0.4 is 0 Å². The van der Waals surface area contributed by atoms with Crippen molar-refractivity contribution in [3.8, 4) is 0 Å². The van der Waals surface area contributed by atoms with Crippen LogP contribution in [0.2, 0.25) is 0 Å². The molecule has 0 aliphatic heterocycles. The lowest BCUT2D eigenvalue weighted by atomic mass is 10.3. The van der Waals surface area contributed by atoms with Crippen LogP contribution in [0.3, 0.4) is 0 Å². The highest BCUT2D eigenvalue weighted by Crippen LogP contribution is 2.27. The van der Waals surface area contributed by atoms with Crippen molar-refractivity contribution in [2.45, 2.75) is 24.2 Å². The van der Waals surface area contributed by atoms with Crippen molar-refractivity contribution >= 4 is 27.7 Å². The molecule has 0 unspecified atom stereocenters. The van der Waals surface area contributed by atoms with Gasteiger partial charge in [-0.25, -0.2) is 0 Å². The van der Waals surface area contributed by atoms with Crippen LogP contribution in [-0.2, 0) is 0 Å². The fraction of sp³-hybridized carbons (Fsp3) is 0.455. The first-order chi connectivity index (χ1) is 6.84. The second kappa shape index (κ2) is 7.32. The van der Waals surface area contributed by atoms with Crippen LogP contribution in [0.15, 0.2) is 33.6 Å². The minimum absolute atomic E-state index is 0.319. The van der Waals surface area contributed by atoms with Gasteiger partial charge in [0.25, 0.3) is 0 Å². The van der Waals surface area contributed by atoms with Gasteiger partial charge in [0.05, 0.1) is 0 Å². The Morgan fingerprint density at radius 1 is 1.14 bits per heavy atom. The summed E-state index contributed by atoms with van der Waals surface area (Å²) >= 11 is 5.39. The number of benzene rings is 1. The molecule has 14 heavy (non-hydrogen) atoms. The Morgan fingerprint density at radius 2 is 1.93 bits per heavy atom.